The summed E-state index contributed by atoms with van der Waals surface area (Å²) in [4.78, 5) is 0. The van der Waals surface area contributed by atoms with Crippen LogP contribution in [0.15, 0.2) is 12.1 Å². The average molecular weight is 182 g/mol. The van der Waals surface area contributed by atoms with Crippen molar-refractivity contribution >= 4 is 17.3 Å². The molecule has 1 heterocycles. The molecule has 0 radical (unpaired) electrons. The van der Waals surface area contributed by atoms with Gasteiger partial charge in [-0.05, 0) is 43.0 Å². The second-order valence-corrected chi connectivity index (χ2v) is 3.72. The van der Waals surface area contributed by atoms with Crippen molar-refractivity contribution in [2.24, 2.45) is 0 Å². The smallest absolute Gasteiger partial charge is 0.0412 e. The lowest BCUT2D eigenvalue weighted by molar-refractivity contribution is 0.827. The highest BCUT2D eigenvalue weighted by Crippen LogP contribution is 2.28. The maximum absolute atomic E-state index is 5.95. The lowest BCUT2D eigenvalue weighted by atomic mass is 10.0. The third kappa shape index (κ3) is 1.29. The van der Waals surface area contributed by atoms with Crippen LogP contribution in [0.5, 0.6) is 0 Å². The fraction of sp³-hybridized carbons (Fsp3) is 0.400. The Morgan fingerprint density at radius 2 is 2.25 bits per heavy atom. The van der Waals surface area contributed by atoms with Crippen molar-refractivity contribution in [1.29, 1.82) is 0 Å². The lowest BCUT2D eigenvalue weighted by Gasteiger charge is -2.20. The van der Waals surface area contributed by atoms with Crippen molar-refractivity contribution in [3.63, 3.8) is 0 Å². The number of halogens is 1. The molecule has 0 aromatic heterocycles. The Bertz CT molecular complexity index is 307. The first-order valence-electron chi connectivity index (χ1n) is 4.30. The van der Waals surface area contributed by atoms with Crippen molar-refractivity contribution in [3.05, 3.63) is 28.3 Å². The van der Waals surface area contributed by atoms with Crippen LogP contribution in [0.3, 0.4) is 0 Å². The van der Waals surface area contributed by atoms with Gasteiger partial charge in [0.1, 0.15) is 0 Å². The zero-order valence-electron chi connectivity index (χ0n) is 7.15. The minimum absolute atomic E-state index is 0.856. The standard InChI is InChI=1S/C10H12ClN/c1-7-5-9(11)6-8-3-2-4-12-10(7)8/h5-6,12H,2-4H2,1H3. The quantitative estimate of drug-likeness (QED) is 0.649. The van der Waals surface area contributed by atoms with Gasteiger partial charge < -0.3 is 5.32 Å². The Hall–Kier alpha value is -0.690. The highest BCUT2D eigenvalue weighted by molar-refractivity contribution is 6.30. The van der Waals surface area contributed by atoms with E-state index in [-0.39, 0.29) is 0 Å². The molecule has 1 aliphatic rings. The average Bonchev–Trinajstić information content (AvgIpc) is 2.04. The molecule has 64 valence electrons. The van der Waals surface area contributed by atoms with Crippen LogP contribution in [0.4, 0.5) is 5.69 Å². The first-order valence-corrected chi connectivity index (χ1v) is 4.68. The summed E-state index contributed by atoms with van der Waals surface area (Å²) < 4.78 is 0. The number of aryl methyl sites for hydroxylation is 2. The number of anilines is 1. The molecule has 0 spiro atoms. The first kappa shape index (κ1) is 7.93. The van der Waals surface area contributed by atoms with Crippen LogP contribution < -0.4 is 5.32 Å². The third-order valence-corrected chi connectivity index (χ3v) is 2.52. The molecular weight excluding hydrogens is 170 g/mol. The van der Waals surface area contributed by atoms with Gasteiger partial charge in [-0.15, -0.1) is 0 Å². The van der Waals surface area contributed by atoms with E-state index in [0.717, 1.165) is 18.0 Å². The molecule has 0 amide bonds. The maximum Gasteiger partial charge on any atom is 0.0412 e. The van der Waals surface area contributed by atoms with Gasteiger partial charge in [-0.3, -0.25) is 0 Å². The Kier molecular flexibility index (Phi) is 1.97. The predicted octanol–water partition coefficient (Wildman–Crippen LogP) is 3.01. The highest BCUT2D eigenvalue weighted by atomic mass is 35.5. The second-order valence-electron chi connectivity index (χ2n) is 3.29. The predicted molar refractivity (Wildman–Crippen MR) is 53.0 cm³/mol. The Morgan fingerprint density at radius 3 is 3.08 bits per heavy atom. The van der Waals surface area contributed by atoms with Crippen LogP contribution >= 0.6 is 11.6 Å². The van der Waals surface area contributed by atoms with E-state index in [1.165, 1.54) is 23.2 Å². The first-order chi connectivity index (χ1) is 5.77. The molecule has 0 aliphatic carbocycles. The monoisotopic (exact) mass is 181 g/mol. The second kappa shape index (κ2) is 2.98. The van der Waals surface area contributed by atoms with Gasteiger partial charge in [0.2, 0.25) is 0 Å². The SMILES string of the molecule is Cc1cc(Cl)cc2c1NCCC2. The van der Waals surface area contributed by atoms with Gasteiger partial charge in [-0.2, -0.15) is 0 Å². The molecule has 0 saturated carbocycles. The molecule has 1 aromatic carbocycles. The molecule has 1 aliphatic heterocycles. The summed E-state index contributed by atoms with van der Waals surface area (Å²) in [5, 5.41) is 4.26. The normalized spacial score (nSPS) is 15.2. The summed E-state index contributed by atoms with van der Waals surface area (Å²) in [6.07, 6.45) is 2.37. The number of hydrogen-bond acceptors (Lipinski definition) is 1. The minimum Gasteiger partial charge on any atom is -0.385 e. The van der Waals surface area contributed by atoms with E-state index in [1.807, 2.05) is 6.07 Å². The van der Waals surface area contributed by atoms with E-state index < -0.39 is 0 Å². The molecule has 0 atom stereocenters. The highest BCUT2D eigenvalue weighted by Gasteiger charge is 2.10. The molecule has 2 heteroatoms. The van der Waals surface area contributed by atoms with Crippen LogP contribution in [0.25, 0.3) is 0 Å². The van der Waals surface area contributed by atoms with E-state index in [0.29, 0.717) is 0 Å². The lowest BCUT2D eigenvalue weighted by Crippen LogP contribution is -2.12. The van der Waals surface area contributed by atoms with Crippen molar-refractivity contribution in [1.82, 2.24) is 0 Å². The molecule has 0 fully saturated rings. The number of benzene rings is 1. The Labute approximate surface area is 77.7 Å². The molecule has 0 bridgehead atoms. The van der Waals surface area contributed by atoms with Crippen LogP contribution in [-0.2, 0) is 6.42 Å². The van der Waals surface area contributed by atoms with E-state index in [1.54, 1.807) is 0 Å². The van der Waals surface area contributed by atoms with E-state index in [2.05, 4.69) is 18.3 Å². The van der Waals surface area contributed by atoms with Crippen LogP contribution in [0, 0.1) is 6.92 Å². The fourth-order valence-corrected chi connectivity index (χ4v) is 2.05. The van der Waals surface area contributed by atoms with Crippen molar-refractivity contribution in [2.75, 3.05) is 11.9 Å². The largest absolute Gasteiger partial charge is 0.385 e. The van der Waals surface area contributed by atoms with Gasteiger partial charge in [-0.25, -0.2) is 0 Å². The molecular formula is C10H12ClN. The van der Waals surface area contributed by atoms with Crippen LogP contribution in [-0.4, -0.2) is 6.54 Å². The molecule has 0 saturated heterocycles. The summed E-state index contributed by atoms with van der Waals surface area (Å²) >= 11 is 5.95. The van der Waals surface area contributed by atoms with Gasteiger partial charge in [-0.1, -0.05) is 11.6 Å². The van der Waals surface area contributed by atoms with E-state index in [4.69, 9.17) is 11.6 Å². The van der Waals surface area contributed by atoms with E-state index >= 15 is 0 Å². The maximum atomic E-state index is 5.95. The summed E-state index contributed by atoms with van der Waals surface area (Å²) in [5.41, 5.74) is 3.93. The number of rotatable bonds is 0. The Morgan fingerprint density at radius 1 is 1.42 bits per heavy atom. The van der Waals surface area contributed by atoms with Gasteiger partial charge in [0.05, 0.1) is 0 Å². The third-order valence-electron chi connectivity index (χ3n) is 2.31. The molecule has 1 nitrogen and oxygen atoms in total. The van der Waals surface area contributed by atoms with Crippen molar-refractivity contribution in [3.8, 4) is 0 Å². The summed E-state index contributed by atoms with van der Waals surface area (Å²) in [7, 11) is 0. The molecule has 1 N–H and O–H groups in total. The van der Waals surface area contributed by atoms with Crippen LogP contribution in [0.2, 0.25) is 5.02 Å². The van der Waals surface area contributed by atoms with Crippen molar-refractivity contribution < 1.29 is 0 Å². The van der Waals surface area contributed by atoms with Gasteiger partial charge in [0.25, 0.3) is 0 Å². The topological polar surface area (TPSA) is 12.0 Å². The van der Waals surface area contributed by atoms with Gasteiger partial charge >= 0.3 is 0 Å². The van der Waals surface area contributed by atoms with Gasteiger partial charge in [0.15, 0.2) is 0 Å². The fourth-order valence-electron chi connectivity index (χ4n) is 1.75. The summed E-state index contributed by atoms with van der Waals surface area (Å²) in [5.74, 6) is 0. The summed E-state index contributed by atoms with van der Waals surface area (Å²) in [6.45, 7) is 3.19. The van der Waals surface area contributed by atoms with Gasteiger partial charge in [0, 0.05) is 17.3 Å². The number of fused-ring (bicyclic) bond motifs is 1. The van der Waals surface area contributed by atoms with E-state index in [9.17, 15) is 0 Å². The molecule has 12 heavy (non-hydrogen) atoms. The van der Waals surface area contributed by atoms with Crippen molar-refractivity contribution in [2.45, 2.75) is 19.8 Å². The zero-order valence-corrected chi connectivity index (χ0v) is 7.91. The molecule has 1 aromatic rings. The minimum atomic E-state index is 0.856. The Balaban J connectivity index is 2.53. The summed E-state index contributed by atoms with van der Waals surface area (Å²) in [6, 6.07) is 4.08. The molecule has 2 rings (SSSR count). The number of nitrogens with one attached hydrogen (secondary N) is 1. The molecule has 0 unspecified atom stereocenters. The zero-order chi connectivity index (χ0) is 8.55. The van der Waals surface area contributed by atoms with Crippen LogP contribution in [0.1, 0.15) is 17.5 Å². The number of hydrogen-bond donors (Lipinski definition) is 1.